The van der Waals surface area contributed by atoms with E-state index < -0.39 is 12.0 Å². The van der Waals surface area contributed by atoms with Crippen LogP contribution >= 0.6 is 0 Å². The molecular formula is C17H20FN3O3. The molecule has 0 radical (unpaired) electrons. The molecule has 4 N–H and O–H groups in total. The predicted octanol–water partition coefficient (Wildman–Crippen LogP) is 1.50. The Bertz CT molecular complexity index is 644. The first kappa shape index (κ1) is 19.2. The van der Waals surface area contributed by atoms with E-state index in [0.717, 1.165) is 18.1 Å². The number of carboxylic acids is 1. The molecule has 1 amide bonds. The Morgan fingerprint density at radius 1 is 1.17 bits per heavy atom. The number of hydrogen-bond donors (Lipinski definition) is 3. The zero-order valence-electron chi connectivity index (χ0n) is 13.3. The minimum Gasteiger partial charge on any atom is -0.481 e. The standard InChI is InChI=1S/C15H16FN3O.C2H4O2/c16-13-3-1-11(2-4-13)9-14(17)15(20)19-10-12-5-7-18-8-6-12;1-2(3)4/h1-8,14H,9-10,17H2,(H,19,20);1H3,(H,3,4). The van der Waals surface area contributed by atoms with Crippen molar-refractivity contribution in [2.24, 2.45) is 5.73 Å². The molecule has 0 spiro atoms. The first-order valence-corrected chi connectivity index (χ1v) is 7.24. The topological polar surface area (TPSA) is 105 Å². The molecule has 7 heteroatoms. The highest BCUT2D eigenvalue weighted by Crippen LogP contribution is 2.05. The van der Waals surface area contributed by atoms with E-state index in [9.17, 15) is 9.18 Å². The number of hydrogen-bond acceptors (Lipinski definition) is 4. The van der Waals surface area contributed by atoms with E-state index in [1.807, 2.05) is 12.1 Å². The summed E-state index contributed by atoms with van der Waals surface area (Å²) in [5.74, 6) is -1.37. The van der Waals surface area contributed by atoms with Crippen LogP contribution in [0, 0.1) is 5.82 Å². The van der Waals surface area contributed by atoms with Gasteiger partial charge in [-0.25, -0.2) is 4.39 Å². The van der Waals surface area contributed by atoms with Crippen molar-refractivity contribution >= 4 is 11.9 Å². The number of carbonyl (C=O) groups excluding carboxylic acids is 1. The van der Waals surface area contributed by atoms with E-state index in [-0.39, 0.29) is 11.7 Å². The third-order valence-corrected chi connectivity index (χ3v) is 2.92. The van der Waals surface area contributed by atoms with Crippen LogP contribution < -0.4 is 11.1 Å². The molecule has 2 aromatic rings. The molecule has 0 bridgehead atoms. The average Bonchev–Trinajstić information content (AvgIpc) is 2.55. The fourth-order valence-corrected chi connectivity index (χ4v) is 1.79. The number of carboxylic acid groups (broad SMARTS) is 1. The highest BCUT2D eigenvalue weighted by atomic mass is 19.1. The quantitative estimate of drug-likeness (QED) is 0.769. The molecule has 1 unspecified atom stereocenters. The zero-order chi connectivity index (χ0) is 17.9. The van der Waals surface area contributed by atoms with Crippen LogP contribution in [0.2, 0.25) is 0 Å². The predicted molar refractivity (Wildman–Crippen MR) is 87.5 cm³/mol. The molecule has 1 atom stereocenters. The molecular weight excluding hydrogens is 313 g/mol. The first-order valence-electron chi connectivity index (χ1n) is 7.24. The van der Waals surface area contributed by atoms with Crippen LogP contribution in [0.4, 0.5) is 4.39 Å². The van der Waals surface area contributed by atoms with Crippen molar-refractivity contribution < 1.29 is 19.1 Å². The number of aliphatic carboxylic acids is 1. The normalized spacial score (nSPS) is 11.0. The average molecular weight is 333 g/mol. The van der Waals surface area contributed by atoms with E-state index in [4.69, 9.17) is 15.6 Å². The summed E-state index contributed by atoms with van der Waals surface area (Å²) in [7, 11) is 0. The second kappa shape index (κ2) is 10.1. The lowest BCUT2D eigenvalue weighted by Gasteiger charge is -2.12. The molecule has 1 aromatic heterocycles. The third-order valence-electron chi connectivity index (χ3n) is 2.92. The maximum absolute atomic E-state index is 12.8. The van der Waals surface area contributed by atoms with Crippen molar-refractivity contribution in [3.63, 3.8) is 0 Å². The minimum absolute atomic E-state index is 0.230. The highest BCUT2D eigenvalue weighted by Gasteiger charge is 2.13. The van der Waals surface area contributed by atoms with Gasteiger partial charge in [0, 0.05) is 25.9 Å². The Kier molecular flexibility index (Phi) is 8.07. The monoisotopic (exact) mass is 333 g/mol. The maximum Gasteiger partial charge on any atom is 0.300 e. The van der Waals surface area contributed by atoms with Gasteiger partial charge in [0.15, 0.2) is 0 Å². The van der Waals surface area contributed by atoms with Crippen LogP contribution in [-0.2, 0) is 22.6 Å². The van der Waals surface area contributed by atoms with Crippen LogP contribution in [0.15, 0.2) is 48.8 Å². The van der Waals surface area contributed by atoms with Crippen LogP contribution in [0.1, 0.15) is 18.1 Å². The Hall–Kier alpha value is -2.80. The number of nitrogens with zero attached hydrogens (tertiary/aromatic N) is 1. The van der Waals surface area contributed by atoms with E-state index in [2.05, 4.69) is 10.3 Å². The molecule has 0 saturated heterocycles. The summed E-state index contributed by atoms with van der Waals surface area (Å²) in [6.45, 7) is 1.50. The lowest BCUT2D eigenvalue weighted by molar-refractivity contribution is -0.134. The molecule has 0 aliphatic carbocycles. The molecule has 0 saturated carbocycles. The van der Waals surface area contributed by atoms with Crippen molar-refractivity contribution in [2.75, 3.05) is 0 Å². The van der Waals surface area contributed by atoms with E-state index in [1.54, 1.807) is 24.5 Å². The molecule has 1 aromatic carbocycles. The largest absolute Gasteiger partial charge is 0.481 e. The highest BCUT2D eigenvalue weighted by molar-refractivity contribution is 5.81. The lowest BCUT2D eigenvalue weighted by Crippen LogP contribution is -2.41. The SMILES string of the molecule is CC(=O)O.NC(Cc1ccc(F)cc1)C(=O)NCc1ccncc1. The van der Waals surface area contributed by atoms with Gasteiger partial charge >= 0.3 is 0 Å². The summed E-state index contributed by atoms with van der Waals surface area (Å²) in [4.78, 5) is 24.8. The molecule has 24 heavy (non-hydrogen) atoms. The maximum atomic E-state index is 12.8. The van der Waals surface area contributed by atoms with Crippen LogP contribution in [0.5, 0.6) is 0 Å². The van der Waals surface area contributed by atoms with Gasteiger partial charge in [-0.05, 0) is 41.8 Å². The Labute approximate surface area is 139 Å². The molecule has 0 aliphatic rings. The van der Waals surface area contributed by atoms with Gasteiger partial charge < -0.3 is 16.2 Å². The molecule has 1 heterocycles. The second-order valence-electron chi connectivity index (χ2n) is 5.03. The molecule has 0 fully saturated rings. The van der Waals surface area contributed by atoms with Crippen LogP contribution in [0.25, 0.3) is 0 Å². The lowest BCUT2D eigenvalue weighted by atomic mass is 10.1. The van der Waals surface area contributed by atoms with Crippen LogP contribution in [0.3, 0.4) is 0 Å². The number of carbonyl (C=O) groups is 2. The number of rotatable bonds is 5. The van der Waals surface area contributed by atoms with Gasteiger partial charge in [0.1, 0.15) is 5.82 Å². The van der Waals surface area contributed by atoms with Crippen molar-refractivity contribution in [3.8, 4) is 0 Å². The van der Waals surface area contributed by atoms with Crippen molar-refractivity contribution in [1.82, 2.24) is 10.3 Å². The van der Waals surface area contributed by atoms with Crippen molar-refractivity contribution in [1.29, 1.82) is 0 Å². The van der Waals surface area contributed by atoms with Gasteiger partial charge in [0.2, 0.25) is 5.91 Å². The molecule has 0 aliphatic heterocycles. The Morgan fingerprint density at radius 3 is 2.25 bits per heavy atom. The van der Waals surface area contributed by atoms with Gasteiger partial charge in [0.05, 0.1) is 6.04 Å². The summed E-state index contributed by atoms with van der Waals surface area (Å²) in [5, 5.41) is 10.2. The fourth-order valence-electron chi connectivity index (χ4n) is 1.79. The zero-order valence-corrected chi connectivity index (χ0v) is 13.3. The van der Waals surface area contributed by atoms with Gasteiger partial charge in [-0.2, -0.15) is 0 Å². The summed E-state index contributed by atoms with van der Waals surface area (Å²) in [6.07, 6.45) is 3.71. The molecule has 2 rings (SSSR count). The van der Waals surface area contributed by atoms with Crippen LogP contribution in [-0.4, -0.2) is 28.0 Å². The fraction of sp³-hybridized carbons (Fsp3) is 0.235. The van der Waals surface area contributed by atoms with Gasteiger partial charge in [-0.15, -0.1) is 0 Å². The van der Waals surface area contributed by atoms with Gasteiger partial charge in [-0.3, -0.25) is 14.6 Å². The Morgan fingerprint density at radius 2 is 1.71 bits per heavy atom. The first-order chi connectivity index (χ1) is 11.4. The number of nitrogens with two attached hydrogens (primary N) is 1. The summed E-state index contributed by atoms with van der Waals surface area (Å²) >= 11 is 0. The van der Waals surface area contributed by atoms with Crippen molar-refractivity contribution in [3.05, 3.63) is 65.7 Å². The van der Waals surface area contributed by atoms with E-state index >= 15 is 0 Å². The van der Waals surface area contributed by atoms with Gasteiger partial charge in [0.25, 0.3) is 5.97 Å². The number of amides is 1. The number of nitrogens with one attached hydrogen (secondary N) is 1. The molecule has 128 valence electrons. The minimum atomic E-state index is -0.833. The summed E-state index contributed by atoms with van der Waals surface area (Å²) in [6, 6.07) is 8.98. The Balaban J connectivity index is 0.000000648. The number of benzene rings is 1. The third kappa shape index (κ3) is 8.00. The summed E-state index contributed by atoms with van der Waals surface area (Å²) < 4.78 is 12.8. The number of aromatic nitrogens is 1. The second-order valence-corrected chi connectivity index (χ2v) is 5.03. The number of halogens is 1. The molecule has 6 nitrogen and oxygen atoms in total. The smallest absolute Gasteiger partial charge is 0.300 e. The number of pyridine rings is 1. The van der Waals surface area contributed by atoms with E-state index in [0.29, 0.717) is 13.0 Å². The van der Waals surface area contributed by atoms with E-state index in [1.165, 1.54) is 12.1 Å². The summed E-state index contributed by atoms with van der Waals surface area (Å²) in [5.41, 5.74) is 7.63. The van der Waals surface area contributed by atoms with Crippen molar-refractivity contribution in [2.45, 2.75) is 25.9 Å². The van der Waals surface area contributed by atoms with Gasteiger partial charge in [-0.1, -0.05) is 12.1 Å².